The third kappa shape index (κ3) is 9.84. The number of benzene rings is 1. The van der Waals surface area contributed by atoms with Gasteiger partial charge in [-0.3, -0.25) is 0 Å². The van der Waals surface area contributed by atoms with E-state index in [-0.39, 0.29) is 24.0 Å². The molecule has 0 aliphatic carbocycles. The molecule has 1 heterocycles. The fourth-order valence-corrected chi connectivity index (χ4v) is 2.62. The Morgan fingerprint density at radius 1 is 1.09 bits per heavy atom. The van der Waals surface area contributed by atoms with Gasteiger partial charge < -0.3 is 25.3 Å². The number of alkyl carbamates (subject to hydrolysis) is 1. The van der Waals surface area contributed by atoms with Crippen molar-refractivity contribution in [2.24, 2.45) is 12.0 Å². The number of nitrogens with one attached hydrogen (secondary N) is 3. The number of carbonyl (C=O) groups excluding carboxylic acids is 1. The van der Waals surface area contributed by atoms with Crippen LogP contribution in [0.15, 0.2) is 35.3 Å². The summed E-state index contributed by atoms with van der Waals surface area (Å²) in [5.41, 5.74) is -0.00542. The highest BCUT2D eigenvalue weighted by Gasteiger charge is 2.25. The van der Waals surface area contributed by atoms with Crippen LogP contribution in [0.1, 0.15) is 51.8 Å². The molecule has 0 aliphatic rings. The number of guanidine groups is 1. The zero-order chi connectivity index (χ0) is 23.1. The lowest BCUT2D eigenvalue weighted by Crippen LogP contribution is -2.54. The minimum Gasteiger partial charge on any atom is -0.444 e. The van der Waals surface area contributed by atoms with Crippen molar-refractivity contribution in [1.82, 2.24) is 30.7 Å². The average Bonchev–Trinajstić information content (AvgIpc) is 2.98. The topological polar surface area (TPSA) is 105 Å². The summed E-state index contributed by atoms with van der Waals surface area (Å²) in [7, 11) is 1.93. The van der Waals surface area contributed by atoms with Crippen molar-refractivity contribution < 1.29 is 9.53 Å². The lowest BCUT2D eigenvalue weighted by atomic mass is 10.1. The Morgan fingerprint density at radius 3 is 2.31 bits per heavy atom. The molecule has 2 aromatic rings. The van der Waals surface area contributed by atoms with Crippen LogP contribution in [0.4, 0.5) is 4.79 Å². The van der Waals surface area contributed by atoms with E-state index in [2.05, 4.69) is 31.1 Å². The number of amides is 1. The van der Waals surface area contributed by atoms with Gasteiger partial charge in [0.05, 0.1) is 18.6 Å². The maximum absolute atomic E-state index is 12.2. The number of nitrogens with zero attached hydrogens (tertiary/aromatic N) is 4. The standard InChI is InChI=1S/C22H35N7O2.HI/c1-16-27-28-18(29(16)7)14-24-19(23-13-17-11-9-8-10-12-17)25-15-22(5,6)26-20(30)31-21(2,3)4;/h8-12H,13-15H2,1-7H3,(H,26,30)(H2,23,24,25);1H. The highest BCUT2D eigenvalue weighted by molar-refractivity contribution is 14.0. The van der Waals surface area contributed by atoms with Gasteiger partial charge in [-0.05, 0) is 47.1 Å². The molecule has 2 rings (SSSR count). The van der Waals surface area contributed by atoms with Crippen LogP contribution < -0.4 is 16.0 Å². The molecule has 0 aliphatic heterocycles. The Bertz CT molecular complexity index is 889. The molecule has 1 amide bonds. The summed E-state index contributed by atoms with van der Waals surface area (Å²) in [5, 5.41) is 17.8. The number of halogens is 1. The van der Waals surface area contributed by atoms with Gasteiger partial charge in [0, 0.05) is 13.6 Å². The van der Waals surface area contributed by atoms with Gasteiger partial charge in [-0.2, -0.15) is 0 Å². The second-order valence-electron chi connectivity index (χ2n) is 9.09. The molecule has 0 saturated carbocycles. The molecule has 32 heavy (non-hydrogen) atoms. The monoisotopic (exact) mass is 557 g/mol. The van der Waals surface area contributed by atoms with Crippen LogP contribution in [0.2, 0.25) is 0 Å². The molecule has 0 saturated heterocycles. The summed E-state index contributed by atoms with van der Waals surface area (Å²) in [4.78, 5) is 16.8. The van der Waals surface area contributed by atoms with Gasteiger partial charge in [0.1, 0.15) is 11.4 Å². The fourth-order valence-electron chi connectivity index (χ4n) is 2.62. The van der Waals surface area contributed by atoms with E-state index in [9.17, 15) is 4.79 Å². The Morgan fingerprint density at radius 2 is 1.75 bits per heavy atom. The van der Waals surface area contributed by atoms with Crippen LogP contribution >= 0.6 is 24.0 Å². The summed E-state index contributed by atoms with van der Waals surface area (Å²) in [6.07, 6.45) is -0.454. The van der Waals surface area contributed by atoms with E-state index in [0.29, 0.717) is 25.6 Å². The number of carbonyl (C=O) groups is 1. The van der Waals surface area contributed by atoms with Crippen LogP contribution in [0.5, 0.6) is 0 Å². The fraction of sp³-hybridized carbons (Fsp3) is 0.545. The van der Waals surface area contributed by atoms with E-state index in [1.807, 2.05) is 83.5 Å². The summed E-state index contributed by atoms with van der Waals surface area (Å²) < 4.78 is 7.29. The van der Waals surface area contributed by atoms with Crippen molar-refractivity contribution in [3.8, 4) is 0 Å². The van der Waals surface area contributed by atoms with E-state index in [1.54, 1.807) is 0 Å². The predicted molar refractivity (Wildman–Crippen MR) is 137 cm³/mol. The molecule has 0 unspecified atom stereocenters. The summed E-state index contributed by atoms with van der Waals surface area (Å²) >= 11 is 0. The Kier molecular flexibility index (Phi) is 10.4. The number of hydrogen-bond donors (Lipinski definition) is 3. The molecule has 1 aromatic carbocycles. The average molecular weight is 557 g/mol. The van der Waals surface area contributed by atoms with Crippen LogP contribution in [-0.4, -0.2) is 44.5 Å². The molecular weight excluding hydrogens is 521 g/mol. The van der Waals surface area contributed by atoms with E-state index in [1.165, 1.54) is 0 Å². The smallest absolute Gasteiger partial charge is 0.408 e. The maximum atomic E-state index is 12.2. The zero-order valence-electron chi connectivity index (χ0n) is 20.0. The maximum Gasteiger partial charge on any atom is 0.408 e. The number of aliphatic imine (C=N–C) groups is 1. The first-order valence-electron chi connectivity index (χ1n) is 10.4. The molecule has 0 fully saturated rings. The van der Waals surface area contributed by atoms with Crippen molar-refractivity contribution in [2.75, 3.05) is 6.54 Å². The van der Waals surface area contributed by atoms with Crippen molar-refractivity contribution in [3.63, 3.8) is 0 Å². The number of aryl methyl sites for hydroxylation is 1. The first kappa shape index (κ1) is 27.7. The van der Waals surface area contributed by atoms with Crippen LogP contribution in [-0.2, 0) is 24.9 Å². The Labute approximate surface area is 207 Å². The van der Waals surface area contributed by atoms with Crippen LogP contribution in [0, 0.1) is 6.92 Å². The van der Waals surface area contributed by atoms with Gasteiger partial charge in [-0.15, -0.1) is 34.2 Å². The lowest BCUT2D eigenvalue weighted by molar-refractivity contribution is 0.0474. The zero-order valence-corrected chi connectivity index (χ0v) is 22.4. The second kappa shape index (κ2) is 12.0. The van der Waals surface area contributed by atoms with E-state index >= 15 is 0 Å². The highest BCUT2D eigenvalue weighted by atomic mass is 127. The van der Waals surface area contributed by atoms with Gasteiger partial charge in [0.15, 0.2) is 11.8 Å². The van der Waals surface area contributed by atoms with Crippen molar-refractivity contribution in [2.45, 2.75) is 65.8 Å². The highest BCUT2D eigenvalue weighted by Crippen LogP contribution is 2.09. The molecule has 0 atom stereocenters. The Balaban J connectivity index is 0.00000512. The number of rotatable bonds is 7. The van der Waals surface area contributed by atoms with E-state index in [4.69, 9.17) is 4.74 Å². The van der Waals surface area contributed by atoms with Gasteiger partial charge in [-0.25, -0.2) is 9.79 Å². The van der Waals surface area contributed by atoms with Crippen LogP contribution in [0.3, 0.4) is 0 Å². The van der Waals surface area contributed by atoms with Gasteiger partial charge in [0.25, 0.3) is 0 Å². The first-order valence-corrected chi connectivity index (χ1v) is 10.4. The number of aromatic nitrogens is 3. The van der Waals surface area contributed by atoms with Crippen molar-refractivity contribution in [1.29, 1.82) is 0 Å². The van der Waals surface area contributed by atoms with E-state index < -0.39 is 17.2 Å². The molecule has 9 nitrogen and oxygen atoms in total. The van der Waals surface area contributed by atoms with Crippen molar-refractivity contribution >= 4 is 36.0 Å². The Hall–Kier alpha value is -2.37. The molecule has 10 heteroatoms. The molecular formula is C22H36IN7O2. The first-order chi connectivity index (χ1) is 14.5. The third-order valence-electron chi connectivity index (χ3n) is 4.40. The van der Waals surface area contributed by atoms with Gasteiger partial charge in [0.2, 0.25) is 0 Å². The van der Waals surface area contributed by atoms with Gasteiger partial charge in [-0.1, -0.05) is 30.3 Å². The van der Waals surface area contributed by atoms with Gasteiger partial charge >= 0.3 is 6.09 Å². The summed E-state index contributed by atoms with van der Waals surface area (Å²) in [6.45, 7) is 12.7. The quantitative estimate of drug-likeness (QED) is 0.274. The second-order valence-corrected chi connectivity index (χ2v) is 9.09. The minimum atomic E-state index is -0.557. The largest absolute Gasteiger partial charge is 0.444 e. The SMILES string of the molecule is Cc1nnc(CNC(=NCc2ccccc2)NCC(C)(C)NC(=O)OC(C)(C)C)n1C.I. The van der Waals surface area contributed by atoms with E-state index in [0.717, 1.165) is 17.2 Å². The molecule has 0 radical (unpaired) electrons. The number of ether oxygens (including phenoxy) is 1. The molecule has 3 N–H and O–H groups in total. The molecule has 1 aromatic heterocycles. The normalized spacial score (nSPS) is 12.0. The van der Waals surface area contributed by atoms with Crippen molar-refractivity contribution in [3.05, 3.63) is 47.5 Å². The third-order valence-corrected chi connectivity index (χ3v) is 4.40. The molecule has 0 spiro atoms. The predicted octanol–water partition coefficient (Wildman–Crippen LogP) is 3.28. The summed E-state index contributed by atoms with van der Waals surface area (Å²) in [5.74, 6) is 2.26. The van der Waals surface area contributed by atoms with Crippen LogP contribution in [0.25, 0.3) is 0 Å². The minimum absolute atomic E-state index is 0. The lowest BCUT2D eigenvalue weighted by Gasteiger charge is -2.29. The summed E-state index contributed by atoms with van der Waals surface area (Å²) in [6, 6.07) is 10.0. The number of hydrogen-bond acceptors (Lipinski definition) is 5. The molecule has 178 valence electrons. The molecule has 0 bridgehead atoms.